The zero-order chi connectivity index (χ0) is 10.0. The highest BCUT2D eigenvalue weighted by molar-refractivity contribution is 5.29. The molecule has 0 spiro atoms. The van der Waals surface area contributed by atoms with Crippen molar-refractivity contribution in [2.24, 2.45) is 4.99 Å². The zero-order valence-electron chi connectivity index (χ0n) is 7.26. The fourth-order valence-electron chi connectivity index (χ4n) is 0.956. The monoisotopic (exact) mass is 183 g/mol. The maximum absolute atomic E-state index is 10.4. The van der Waals surface area contributed by atoms with Crippen LogP contribution in [0.5, 0.6) is 0 Å². The Bertz CT molecular complexity index is 408. The van der Waals surface area contributed by atoms with Crippen LogP contribution in [0.2, 0.25) is 0 Å². The van der Waals surface area contributed by atoms with E-state index in [0.717, 1.165) is 4.73 Å². The predicted molar refractivity (Wildman–Crippen MR) is 44.5 cm³/mol. The minimum absolute atomic E-state index is 0.0802. The van der Waals surface area contributed by atoms with Crippen molar-refractivity contribution in [3.63, 3.8) is 0 Å². The number of aryl methyl sites for hydroxylation is 1. The van der Waals surface area contributed by atoms with E-state index in [4.69, 9.17) is 0 Å². The Morgan fingerprint density at radius 2 is 2.23 bits per heavy atom. The molecule has 0 saturated heterocycles. The highest BCUT2D eigenvalue weighted by Crippen LogP contribution is 2.08. The Hall–Kier alpha value is -1.85. The molecule has 1 aromatic rings. The molecule has 0 aliphatic carbocycles. The predicted octanol–water partition coefficient (Wildman–Crippen LogP) is 0.473. The molecule has 0 saturated carbocycles. The van der Waals surface area contributed by atoms with Crippen LogP contribution in [-0.4, -0.2) is 21.9 Å². The standard InChI is InChI=1S/C7H9N3O3/c1-5-3-6(10(12)13)4-7(8-2)9(5)11/h3-4,11H,1-2H3. The smallest absolute Gasteiger partial charge is 0.275 e. The molecule has 6 nitrogen and oxygen atoms in total. The van der Waals surface area contributed by atoms with E-state index in [1.165, 1.54) is 19.2 Å². The molecule has 0 bridgehead atoms. The summed E-state index contributed by atoms with van der Waals surface area (Å²) in [7, 11) is 1.45. The Kier molecular flexibility index (Phi) is 2.32. The Morgan fingerprint density at radius 1 is 1.62 bits per heavy atom. The third kappa shape index (κ3) is 1.66. The molecule has 0 amide bonds. The maximum atomic E-state index is 10.4. The van der Waals surface area contributed by atoms with Crippen molar-refractivity contribution in [3.05, 3.63) is 33.4 Å². The first kappa shape index (κ1) is 9.24. The summed E-state index contributed by atoms with van der Waals surface area (Å²) in [4.78, 5) is 13.6. The summed E-state index contributed by atoms with van der Waals surface area (Å²) < 4.78 is 0.799. The Balaban J connectivity index is 3.49. The van der Waals surface area contributed by atoms with Crippen LogP contribution in [0.25, 0.3) is 0 Å². The minimum atomic E-state index is -0.526. The van der Waals surface area contributed by atoms with Crippen LogP contribution < -0.4 is 5.49 Å². The van der Waals surface area contributed by atoms with Crippen molar-refractivity contribution in [2.45, 2.75) is 6.92 Å². The van der Waals surface area contributed by atoms with Gasteiger partial charge in [0.05, 0.1) is 16.7 Å². The van der Waals surface area contributed by atoms with E-state index >= 15 is 0 Å². The van der Waals surface area contributed by atoms with E-state index < -0.39 is 4.92 Å². The highest BCUT2D eigenvalue weighted by atomic mass is 16.6. The summed E-state index contributed by atoms with van der Waals surface area (Å²) in [6.07, 6.45) is 0. The summed E-state index contributed by atoms with van der Waals surface area (Å²) in [5.74, 6) is 0. The average molecular weight is 183 g/mol. The molecular weight excluding hydrogens is 174 g/mol. The molecule has 0 radical (unpaired) electrons. The van der Waals surface area contributed by atoms with Crippen molar-refractivity contribution < 1.29 is 10.1 Å². The van der Waals surface area contributed by atoms with Gasteiger partial charge >= 0.3 is 0 Å². The normalized spacial score (nSPS) is 11.7. The van der Waals surface area contributed by atoms with Crippen molar-refractivity contribution in [3.8, 4) is 0 Å². The number of nitro groups is 1. The quantitative estimate of drug-likeness (QED) is 0.390. The maximum Gasteiger partial charge on any atom is 0.275 e. The molecule has 0 unspecified atom stereocenters. The summed E-state index contributed by atoms with van der Waals surface area (Å²) in [6, 6.07) is 2.47. The molecule has 1 N–H and O–H groups in total. The van der Waals surface area contributed by atoms with Crippen molar-refractivity contribution in [1.82, 2.24) is 4.73 Å². The molecule has 13 heavy (non-hydrogen) atoms. The van der Waals surface area contributed by atoms with Crippen molar-refractivity contribution in [1.29, 1.82) is 0 Å². The lowest BCUT2D eigenvalue weighted by atomic mass is 10.3. The molecule has 0 fully saturated rings. The van der Waals surface area contributed by atoms with Gasteiger partial charge in [0.1, 0.15) is 0 Å². The molecule has 70 valence electrons. The van der Waals surface area contributed by atoms with Crippen LogP contribution in [-0.2, 0) is 0 Å². The van der Waals surface area contributed by atoms with E-state index in [1.54, 1.807) is 6.92 Å². The first-order chi connectivity index (χ1) is 6.06. The fourth-order valence-corrected chi connectivity index (χ4v) is 0.956. The van der Waals surface area contributed by atoms with E-state index in [1.807, 2.05) is 0 Å². The second-order valence-corrected chi connectivity index (χ2v) is 2.51. The van der Waals surface area contributed by atoms with Crippen molar-refractivity contribution >= 4 is 5.69 Å². The van der Waals surface area contributed by atoms with Crippen LogP contribution in [0.1, 0.15) is 5.69 Å². The molecule has 1 aromatic heterocycles. The second-order valence-electron chi connectivity index (χ2n) is 2.51. The molecule has 0 aromatic carbocycles. The molecule has 0 aliphatic rings. The lowest BCUT2D eigenvalue weighted by molar-refractivity contribution is -0.385. The van der Waals surface area contributed by atoms with Gasteiger partial charge in [-0.15, -0.1) is 0 Å². The van der Waals surface area contributed by atoms with Gasteiger partial charge in [0.25, 0.3) is 5.69 Å². The van der Waals surface area contributed by atoms with Crippen LogP contribution in [0.15, 0.2) is 17.1 Å². The molecular formula is C7H9N3O3. The van der Waals surface area contributed by atoms with Gasteiger partial charge in [-0.05, 0) is 6.92 Å². The topological polar surface area (TPSA) is 80.7 Å². The number of rotatable bonds is 1. The highest BCUT2D eigenvalue weighted by Gasteiger charge is 2.08. The number of hydrogen-bond acceptors (Lipinski definition) is 4. The van der Waals surface area contributed by atoms with Gasteiger partial charge < -0.3 is 5.21 Å². The first-order valence-electron chi connectivity index (χ1n) is 3.56. The fraction of sp³-hybridized carbons (Fsp3) is 0.286. The number of hydrogen-bond donors (Lipinski definition) is 1. The number of pyridine rings is 1. The third-order valence-corrected chi connectivity index (χ3v) is 1.62. The van der Waals surface area contributed by atoms with Crippen LogP contribution in [0, 0.1) is 17.0 Å². The van der Waals surface area contributed by atoms with E-state index in [0.29, 0.717) is 5.69 Å². The van der Waals surface area contributed by atoms with E-state index in [2.05, 4.69) is 4.99 Å². The lowest BCUT2D eigenvalue weighted by Gasteiger charge is -2.01. The van der Waals surface area contributed by atoms with Crippen LogP contribution in [0.3, 0.4) is 0 Å². The molecule has 1 heterocycles. The van der Waals surface area contributed by atoms with Gasteiger partial charge in [-0.1, -0.05) is 0 Å². The average Bonchev–Trinajstić information content (AvgIpc) is 2.09. The van der Waals surface area contributed by atoms with Gasteiger partial charge in [-0.3, -0.25) is 15.1 Å². The van der Waals surface area contributed by atoms with Gasteiger partial charge in [0.15, 0.2) is 5.49 Å². The SMILES string of the molecule is CN=c1cc([N+](=O)[O-])cc(C)n1O. The molecule has 0 aliphatic heterocycles. The summed E-state index contributed by atoms with van der Waals surface area (Å²) >= 11 is 0. The molecule has 0 atom stereocenters. The van der Waals surface area contributed by atoms with Crippen molar-refractivity contribution in [2.75, 3.05) is 7.05 Å². The largest absolute Gasteiger partial charge is 0.427 e. The Labute approximate surface area is 73.9 Å². The third-order valence-electron chi connectivity index (χ3n) is 1.62. The van der Waals surface area contributed by atoms with Gasteiger partial charge in [-0.2, -0.15) is 4.73 Å². The van der Waals surface area contributed by atoms with Gasteiger partial charge in [0.2, 0.25) is 0 Å². The summed E-state index contributed by atoms with van der Waals surface area (Å²) in [6.45, 7) is 1.56. The number of nitrogens with zero attached hydrogens (tertiary/aromatic N) is 3. The molecule has 6 heteroatoms. The van der Waals surface area contributed by atoms with E-state index in [9.17, 15) is 15.3 Å². The molecule has 1 rings (SSSR count). The second kappa shape index (κ2) is 3.26. The van der Waals surface area contributed by atoms with E-state index in [-0.39, 0.29) is 11.2 Å². The van der Waals surface area contributed by atoms with Crippen LogP contribution >= 0.6 is 0 Å². The summed E-state index contributed by atoms with van der Waals surface area (Å²) in [5.41, 5.74) is 0.449. The van der Waals surface area contributed by atoms with Gasteiger partial charge in [-0.25, -0.2) is 0 Å². The lowest BCUT2D eigenvalue weighted by Crippen LogP contribution is -2.20. The summed E-state index contributed by atoms with van der Waals surface area (Å²) in [5, 5.41) is 19.7. The number of aromatic nitrogens is 1. The minimum Gasteiger partial charge on any atom is -0.427 e. The van der Waals surface area contributed by atoms with Gasteiger partial charge in [0, 0.05) is 13.1 Å². The zero-order valence-corrected chi connectivity index (χ0v) is 7.26. The Morgan fingerprint density at radius 3 is 2.69 bits per heavy atom. The first-order valence-corrected chi connectivity index (χ1v) is 3.56. The van der Waals surface area contributed by atoms with Crippen LogP contribution in [0.4, 0.5) is 5.69 Å².